The Hall–Kier alpha value is -1.81. The van der Waals surface area contributed by atoms with Crippen molar-refractivity contribution < 1.29 is 13.9 Å². The predicted molar refractivity (Wildman–Crippen MR) is 78.8 cm³/mol. The highest BCUT2D eigenvalue weighted by Gasteiger charge is 2.22. The molecule has 1 aliphatic rings. The number of hydrogen-bond acceptors (Lipinski definition) is 2. The molecule has 0 aliphatic heterocycles. The SMILES string of the molecule is Oc1ccc2c(c1)CCCC2Nc1c(F)cc(F)cc1Cl. The molecule has 0 radical (unpaired) electrons. The standard InChI is InChI=1S/C16H14ClF2NO/c17-13-7-10(18)8-14(19)16(13)20-15-3-1-2-9-6-11(21)4-5-12(9)15/h4-8,15,20-21H,1-3H2. The number of nitrogens with one attached hydrogen (secondary N) is 1. The van der Waals surface area contributed by atoms with Crippen molar-refractivity contribution >= 4 is 17.3 Å². The van der Waals surface area contributed by atoms with Crippen molar-refractivity contribution in [2.75, 3.05) is 5.32 Å². The maximum atomic E-state index is 13.9. The topological polar surface area (TPSA) is 32.3 Å². The third kappa shape index (κ3) is 2.81. The highest BCUT2D eigenvalue weighted by atomic mass is 35.5. The van der Waals surface area contributed by atoms with Gasteiger partial charge in [0.1, 0.15) is 11.6 Å². The Labute approximate surface area is 126 Å². The molecule has 0 saturated carbocycles. The minimum atomic E-state index is -0.703. The van der Waals surface area contributed by atoms with Gasteiger partial charge in [-0.25, -0.2) is 8.78 Å². The summed E-state index contributed by atoms with van der Waals surface area (Å²) >= 11 is 5.92. The smallest absolute Gasteiger partial charge is 0.150 e. The molecular weight excluding hydrogens is 296 g/mol. The summed E-state index contributed by atoms with van der Waals surface area (Å²) in [4.78, 5) is 0. The summed E-state index contributed by atoms with van der Waals surface area (Å²) in [5, 5.41) is 12.6. The van der Waals surface area contributed by atoms with Crippen LogP contribution in [-0.4, -0.2) is 5.11 Å². The number of rotatable bonds is 2. The van der Waals surface area contributed by atoms with Gasteiger partial charge in [-0.1, -0.05) is 17.7 Å². The summed E-state index contributed by atoms with van der Waals surface area (Å²) in [5.74, 6) is -1.18. The van der Waals surface area contributed by atoms with Gasteiger partial charge in [0.15, 0.2) is 5.82 Å². The van der Waals surface area contributed by atoms with Gasteiger partial charge >= 0.3 is 0 Å². The van der Waals surface area contributed by atoms with Crippen molar-refractivity contribution in [3.05, 3.63) is 58.1 Å². The molecule has 0 amide bonds. The Balaban J connectivity index is 1.94. The molecule has 1 aliphatic carbocycles. The Morgan fingerprint density at radius 3 is 2.76 bits per heavy atom. The normalized spacial score (nSPS) is 17.4. The lowest BCUT2D eigenvalue weighted by Crippen LogP contribution is -2.18. The first-order valence-electron chi connectivity index (χ1n) is 6.77. The number of aromatic hydroxyl groups is 1. The predicted octanol–water partition coefficient (Wildman–Crippen LogP) is 4.81. The molecule has 2 N–H and O–H groups in total. The number of hydrogen-bond donors (Lipinski definition) is 2. The van der Waals surface area contributed by atoms with Crippen LogP contribution < -0.4 is 5.32 Å². The van der Waals surface area contributed by atoms with E-state index in [0.717, 1.165) is 42.5 Å². The third-order valence-electron chi connectivity index (χ3n) is 3.77. The highest BCUT2D eigenvalue weighted by Crippen LogP contribution is 2.37. The molecule has 0 heterocycles. The number of phenolic OH excluding ortho intramolecular Hbond substituents is 1. The van der Waals surface area contributed by atoms with E-state index in [0.29, 0.717) is 0 Å². The van der Waals surface area contributed by atoms with Gasteiger partial charge in [-0.05, 0) is 48.6 Å². The van der Waals surface area contributed by atoms with Gasteiger partial charge < -0.3 is 10.4 Å². The zero-order chi connectivity index (χ0) is 15.0. The lowest BCUT2D eigenvalue weighted by Gasteiger charge is -2.28. The van der Waals surface area contributed by atoms with E-state index < -0.39 is 11.6 Å². The summed E-state index contributed by atoms with van der Waals surface area (Å²) in [6.07, 6.45) is 2.63. The lowest BCUT2D eigenvalue weighted by atomic mass is 9.87. The second-order valence-corrected chi connectivity index (χ2v) is 5.62. The second-order valence-electron chi connectivity index (χ2n) is 5.22. The van der Waals surface area contributed by atoms with Crippen molar-refractivity contribution in [1.29, 1.82) is 0 Å². The average molecular weight is 310 g/mol. The molecule has 0 bridgehead atoms. The molecule has 5 heteroatoms. The first kappa shape index (κ1) is 14.1. The molecule has 2 aromatic rings. The van der Waals surface area contributed by atoms with Crippen LogP contribution >= 0.6 is 11.6 Å². The number of phenols is 1. The summed E-state index contributed by atoms with van der Waals surface area (Å²) in [5.41, 5.74) is 2.17. The summed E-state index contributed by atoms with van der Waals surface area (Å²) in [6.45, 7) is 0. The van der Waals surface area contributed by atoms with Gasteiger partial charge in [0.05, 0.1) is 16.8 Å². The summed E-state index contributed by atoms with van der Waals surface area (Å²) < 4.78 is 27.0. The molecule has 2 aromatic carbocycles. The molecule has 2 nitrogen and oxygen atoms in total. The molecule has 0 saturated heterocycles. The summed E-state index contributed by atoms with van der Waals surface area (Å²) in [6, 6.07) is 6.97. The Morgan fingerprint density at radius 1 is 1.19 bits per heavy atom. The van der Waals surface area contributed by atoms with Crippen molar-refractivity contribution in [2.24, 2.45) is 0 Å². The van der Waals surface area contributed by atoms with Gasteiger partial charge in [0, 0.05) is 6.07 Å². The monoisotopic (exact) mass is 309 g/mol. The molecule has 0 fully saturated rings. The van der Waals surface area contributed by atoms with Crippen molar-refractivity contribution in [3.8, 4) is 5.75 Å². The molecule has 110 valence electrons. The van der Waals surface area contributed by atoms with E-state index in [1.807, 2.05) is 6.07 Å². The summed E-state index contributed by atoms with van der Waals surface area (Å²) in [7, 11) is 0. The van der Waals surface area contributed by atoms with Crippen LogP contribution in [0.15, 0.2) is 30.3 Å². The van der Waals surface area contributed by atoms with Crippen molar-refractivity contribution in [1.82, 2.24) is 0 Å². The van der Waals surface area contributed by atoms with Crippen LogP contribution in [0.1, 0.15) is 30.0 Å². The maximum Gasteiger partial charge on any atom is 0.150 e. The molecule has 21 heavy (non-hydrogen) atoms. The van der Waals surface area contributed by atoms with Crippen LogP contribution in [0, 0.1) is 11.6 Å². The van der Waals surface area contributed by atoms with E-state index in [9.17, 15) is 13.9 Å². The van der Waals surface area contributed by atoms with E-state index >= 15 is 0 Å². The van der Waals surface area contributed by atoms with Crippen LogP contribution in [0.4, 0.5) is 14.5 Å². The van der Waals surface area contributed by atoms with E-state index in [2.05, 4.69) is 5.32 Å². The van der Waals surface area contributed by atoms with E-state index in [1.165, 1.54) is 0 Å². The van der Waals surface area contributed by atoms with Crippen molar-refractivity contribution in [2.45, 2.75) is 25.3 Å². The molecule has 0 spiro atoms. The van der Waals surface area contributed by atoms with Gasteiger partial charge in [0.25, 0.3) is 0 Å². The fourth-order valence-corrected chi connectivity index (χ4v) is 3.05. The third-order valence-corrected chi connectivity index (χ3v) is 4.06. The number of aryl methyl sites for hydroxylation is 1. The quantitative estimate of drug-likeness (QED) is 0.834. The highest BCUT2D eigenvalue weighted by molar-refractivity contribution is 6.33. The van der Waals surface area contributed by atoms with Gasteiger partial charge in [-0.15, -0.1) is 0 Å². The Kier molecular flexibility index (Phi) is 3.72. The number of anilines is 1. The Morgan fingerprint density at radius 2 is 2.00 bits per heavy atom. The minimum absolute atomic E-state index is 0.0263. The van der Waals surface area contributed by atoms with Crippen LogP contribution in [0.3, 0.4) is 0 Å². The molecule has 1 unspecified atom stereocenters. The number of fused-ring (bicyclic) bond motifs is 1. The van der Waals surface area contributed by atoms with Crippen LogP contribution in [0.25, 0.3) is 0 Å². The Bertz CT molecular complexity index is 667. The van der Waals surface area contributed by atoms with Crippen molar-refractivity contribution in [3.63, 3.8) is 0 Å². The fourth-order valence-electron chi connectivity index (χ4n) is 2.80. The largest absolute Gasteiger partial charge is 0.508 e. The second kappa shape index (κ2) is 5.53. The number of halogens is 3. The maximum absolute atomic E-state index is 13.9. The van der Waals surface area contributed by atoms with E-state index in [1.54, 1.807) is 12.1 Å². The van der Waals surface area contributed by atoms with E-state index in [-0.39, 0.29) is 22.5 Å². The van der Waals surface area contributed by atoms with Crippen LogP contribution in [0.2, 0.25) is 5.02 Å². The first-order valence-corrected chi connectivity index (χ1v) is 7.15. The van der Waals surface area contributed by atoms with Crippen LogP contribution in [-0.2, 0) is 6.42 Å². The lowest BCUT2D eigenvalue weighted by molar-refractivity contribution is 0.472. The van der Waals surface area contributed by atoms with Gasteiger partial charge in [-0.3, -0.25) is 0 Å². The molecule has 3 rings (SSSR count). The van der Waals surface area contributed by atoms with Gasteiger partial charge in [-0.2, -0.15) is 0 Å². The molecule has 1 atom stereocenters. The van der Waals surface area contributed by atoms with E-state index in [4.69, 9.17) is 11.6 Å². The van der Waals surface area contributed by atoms with Crippen LogP contribution in [0.5, 0.6) is 5.75 Å². The number of benzene rings is 2. The zero-order valence-electron chi connectivity index (χ0n) is 11.2. The first-order chi connectivity index (χ1) is 10.0. The molecular formula is C16H14ClF2NO. The molecule has 0 aromatic heterocycles. The average Bonchev–Trinajstić information content (AvgIpc) is 2.42. The zero-order valence-corrected chi connectivity index (χ0v) is 11.9. The fraction of sp³-hybridized carbons (Fsp3) is 0.250. The minimum Gasteiger partial charge on any atom is -0.508 e. The van der Waals surface area contributed by atoms with Gasteiger partial charge in [0.2, 0.25) is 0 Å².